The molecule has 0 aromatic carbocycles. The van der Waals surface area contributed by atoms with Crippen LogP contribution in [0.2, 0.25) is 0 Å². The Balaban J connectivity index is 1.98. The number of hydrogen-bond acceptors (Lipinski definition) is 6. The third kappa shape index (κ3) is 2.12. The highest BCUT2D eigenvalue weighted by Crippen LogP contribution is 2.21. The molecule has 0 spiro atoms. The Hall–Kier alpha value is -2.15. The molecule has 0 aliphatic heterocycles. The van der Waals surface area contributed by atoms with Crippen LogP contribution >= 0.6 is 11.3 Å². The molecule has 3 aromatic heterocycles. The van der Waals surface area contributed by atoms with E-state index in [0.717, 1.165) is 17.6 Å². The topological polar surface area (TPSA) is 72.9 Å². The number of aryl methyl sites for hydroxylation is 1. The maximum absolute atomic E-state index is 5.95. The molecule has 98 valence electrons. The van der Waals surface area contributed by atoms with Crippen LogP contribution in [-0.2, 0) is 13.6 Å². The van der Waals surface area contributed by atoms with Gasteiger partial charge in [-0.1, -0.05) is 0 Å². The molecule has 7 heteroatoms. The van der Waals surface area contributed by atoms with Gasteiger partial charge in [0.1, 0.15) is 5.82 Å². The van der Waals surface area contributed by atoms with E-state index < -0.39 is 0 Å². The third-order valence-corrected chi connectivity index (χ3v) is 3.68. The highest BCUT2D eigenvalue weighted by molar-refractivity contribution is 7.07. The van der Waals surface area contributed by atoms with E-state index in [2.05, 4.69) is 31.9 Å². The van der Waals surface area contributed by atoms with E-state index >= 15 is 0 Å². The number of nitrogens with two attached hydrogens (primary N) is 1. The number of nitrogens with zero attached hydrogens (tertiary/aromatic N) is 5. The highest BCUT2D eigenvalue weighted by Gasteiger charge is 2.12. The van der Waals surface area contributed by atoms with E-state index in [1.54, 1.807) is 22.2 Å². The molecule has 19 heavy (non-hydrogen) atoms. The number of aromatic nitrogens is 4. The average molecular weight is 274 g/mol. The number of thiophene rings is 1. The van der Waals surface area contributed by atoms with Crippen molar-refractivity contribution in [3.8, 4) is 0 Å². The van der Waals surface area contributed by atoms with Gasteiger partial charge in [0.15, 0.2) is 5.65 Å². The molecular weight excluding hydrogens is 260 g/mol. The maximum Gasteiger partial charge on any atom is 0.229 e. The lowest BCUT2D eigenvalue weighted by Gasteiger charge is -2.16. The highest BCUT2D eigenvalue weighted by atomic mass is 32.1. The summed E-state index contributed by atoms with van der Waals surface area (Å²) >= 11 is 1.68. The standard InChI is InChI=1S/C12H14N6S/c1-17(6-8-3-4-19-7-8)12-15-10(13)9-5-14-18(2)11(9)16-12/h3-5,7H,6H2,1-2H3,(H2,13,15,16). The molecule has 0 aliphatic rings. The summed E-state index contributed by atoms with van der Waals surface area (Å²) in [5.41, 5.74) is 7.94. The van der Waals surface area contributed by atoms with Crippen LogP contribution in [0.4, 0.5) is 11.8 Å². The molecule has 0 radical (unpaired) electrons. The Kier molecular flexibility index (Phi) is 2.83. The van der Waals surface area contributed by atoms with Crippen molar-refractivity contribution in [2.75, 3.05) is 17.7 Å². The SMILES string of the molecule is CN(Cc1ccsc1)c1nc(N)c2cnn(C)c2n1. The monoisotopic (exact) mass is 274 g/mol. The van der Waals surface area contributed by atoms with Crippen LogP contribution in [-0.4, -0.2) is 26.8 Å². The molecule has 0 bridgehead atoms. The molecule has 3 aromatic rings. The van der Waals surface area contributed by atoms with Crippen molar-refractivity contribution in [1.82, 2.24) is 19.7 Å². The summed E-state index contributed by atoms with van der Waals surface area (Å²) in [5, 5.41) is 9.11. The minimum atomic E-state index is 0.463. The van der Waals surface area contributed by atoms with Crippen LogP contribution in [0.3, 0.4) is 0 Å². The molecular formula is C12H14N6S. The van der Waals surface area contributed by atoms with Gasteiger partial charge in [0, 0.05) is 20.6 Å². The molecule has 6 nitrogen and oxygen atoms in total. The summed E-state index contributed by atoms with van der Waals surface area (Å²) in [7, 11) is 3.80. The van der Waals surface area contributed by atoms with Crippen molar-refractivity contribution in [1.29, 1.82) is 0 Å². The first kappa shape index (κ1) is 11.9. The predicted octanol–water partition coefficient (Wildman–Crippen LogP) is 1.64. The second-order valence-electron chi connectivity index (χ2n) is 4.40. The Labute approximate surface area is 114 Å². The first-order chi connectivity index (χ1) is 9.15. The number of hydrogen-bond donors (Lipinski definition) is 1. The summed E-state index contributed by atoms with van der Waals surface area (Å²) in [5.74, 6) is 1.07. The van der Waals surface area contributed by atoms with Crippen molar-refractivity contribution in [2.45, 2.75) is 6.54 Å². The van der Waals surface area contributed by atoms with Crippen molar-refractivity contribution in [2.24, 2.45) is 7.05 Å². The van der Waals surface area contributed by atoms with Crippen LogP contribution in [0, 0.1) is 0 Å². The number of fused-ring (bicyclic) bond motifs is 1. The largest absolute Gasteiger partial charge is 0.383 e. The van der Waals surface area contributed by atoms with Crippen molar-refractivity contribution in [3.05, 3.63) is 28.6 Å². The summed E-state index contributed by atoms with van der Waals surface area (Å²) in [6.45, 7) is 0.756. The molecule has 0 unspecified atom stereocenters. The zero-order valence-electron chi connectivity index (χ0n) is 10.7. The Morgan fingerprint density at radius 2 is 2.26 bits per heavy atom. The van der Waals surface area contributed by atoms with Gasteiger partial charge in [-0.15, -0.1) is 0 Å². The molecule has 3 rings (SSSR count). The number of nitrogen functional groups attached to an aromatic ring is 1. The van der Waals surface area contributed by atoms with Crippen molar-refractivity contribution < 1.29 is 0 Å². The number of rotatable bonds is 3. The number of anilines is 2. The lowest BCUT2D eigenvalue weighted by atomic mass is 10.3. The molecule has 0 atom stereocenters. The second-order valence-corrected chi connectivity index (χ2v) is 5.18. The lowest BCUT2D eigenvalue weighted by molar-refractivity contribution is 0.781. The van der Waals surface area contributed by atoms with Gasteiger partial charge in [-0.05, 0) is 22.4 Å². The fraction of sp³-hybridized carbons (Fsp3) is 0.250. The first-order valence-electron chi connectivity index (χ1n) is 5.82. The van der Waals surface area contributed by atoms with E-state index in [4.69, 9.17) is 5.73 Å². The van der Waals surface area contributed by atoms with E-state index in [1.165, 1.54) is 5.56 Å². The second kappa shape index (κ2) is 4.51. The van der Waals surface area contributed by atoms with E-state index in [1.807, 2.05) is 19.0 Å². The first-order valence-corrected chi connectivity index (χ1v) is 6.77. The van der Waals surface area contributed by atoms with Gasteiger partial charge < -0.3 is 10.6 Å². The van der Waals surface area contributed by atoms with E-state index in [9.17, 15) is 0 Å². The Bertz CT molecular complexity index is 702. The van der Waals surface area contributed by atoms with Gasteiger partial charge in [0.2, 0.25) is 5.95 Å². The van der Waals surface area contributed by atoms with Crippen LogP contribution < -0.4 is 10.6 Å². The van der Waals surface area contributed by atoms with Crippen LogP contribution in [0.25, 0.3) is 11.0 Å². The quantitative estimate of drug-likeness (QED) is 0.786. The van der Waals surface area contributed by atoms with Gasteiger partial charge in [0.25, 0.3) is 0 Å². The fourth-order valence-corrected chi connectivity index (χ4v) is 2.59. The molecule has 0 aliphatic carbocycles. The Morgan fingerprint density at radius 1 is 1.42 bits per heavy atom. The van der Waals surface area contributed by atoms with Crippen molar-refractivity contribution in [3.63, 3.8) is 0 Å². The Morgan fingerprint density at radius 3 is 3.00 bits per heavy atom. The van der Waals surface area contributed by atoms with Crippen molar-refractivity contribution >= 4 is 34.1 Å². The minimum Gasteiger partial charge on any atom is -0.383 e. The van der Waals surface area contributed by atoms with Gasteiger partial charge >= 0.3 is 0 Å². The molecule has 0 saturated heterocycles. The zero-order valence-corrected chi connectivity index (χ0v) is 11.6. The minimum absolute atomic E-state index is 0.463. The maximum atomic E-state index is 5.95. The lowest BCUT2D eigenvalue weighted by Crippen LogP contribution is -2.19. The smallest absolute Gasteiger partial charge is 0.229 e. The van der Waals surface area contributed by atoms with Crippen LogP contribution in [0.1, 0.15) is 5.56 Å². The van der Waals surface area contributed by atoms with E-state index in [0.29, 0.717) is 11.8 Å². The summed E-state index contributed by atoms with van der Waals surface area (Å²) in [6, 6.07) is 2.09. The summed E-state index contributed by atoms with van der Waals surface area (Å²) in [4.78, 5) is 10.8. The average Bonchev–Trinajstić information content (AvgIpc) is 3.00. The van der Waals surface area contributed by atoms with Gasteiger partial charge in [-0.25, -0.2) is 0 Å². The van der Waals surface area contributed by atoms with Gasteiger partial charge in [0.05, 0.1) is 11.6 Å². The third-order valence-electron chi connectivity index (χ3n) is 2.95. The molecule has 0 saturated carbocycles. The van der Waals surface area contributed by atoms with Crippen LogP contribution in [0.5, 0.6) is 0 Å². The summed E-state index contributed by atoms with van der Waals surface area (Å²) in [6.07, 6.45) is 1.69. The normalized spacial score (nSPS) is 11.1. The predicted molar refractivity (Wildman–Crippen MR) is 77.1 cm³/mol. The van der Waals surface area contributed by atoms with Gasteiger partial charge in [-0.2, -0.15) is 26.4 Å². The summed E-state index contributed by atoms with van der Waals surface area (Å²) < 4.78 is 1.70. The molecule has 3 heterocycles. The molecule has 0 fully saturated rings. The van der Waals surface area contributed by atoms with Gasteiger partial charge in [-0.3, -0.25) is 4.68 Å². The molecule has 2 N–H and O–H groups in total. The van der Waals surface area contributed by atoms with Crippen LogP contribution in [0.15, 0.2) is 23.0 Å². The fourth-order valence-electron chi connectivity index (χ4n) is 1.93. The molecule has 0 amide bonds. The van der Waals surface area contributed by atoms with E-state index in [-0.39, 0.29) is 0 Å². The zero-order chi connectivity index (χ0) is 13.4.